The normalized spacial score (nSPS) is 13.7. The number of amides is 2. The van der Waals surface area contributed by atoms with Gasteiger partial charge in [-0.1, -0.05) is 18.2 Å². The number of carbonyl (C=O) groups is 2. The number of hydrogen-bond acceptors (Lipinski definition) is 4. The molecule has 164 valence electrons. The molecule has 2 aromatic heterocycles. The van der Waals surface area contributed by atoms with E-state index in [0.717, 1.165) is 27.5 Å². The number of aromatic amines is 1. The summed E-state index contributed by atoms with van der Waals surface area (Å²) in [6.45, 7) is 0. The largest absolute Gasteiger partial charge is 0.497 e. The van der Waals surface area contributed by atoms with Crippen LogP contribution in [0, 0.1) is 11.3 Å². The molecule has 0 atom stereocenters. The molecular formula is C26H22N4O3. The van der Waals surface area contributed by atoms with E-state index >= 15 is 0 Å². The van der Waals surface area contributed by atoms with E-state index in [9.17, 15) is 9.59 Å². The number of hydrogen-bond donors (Lipinski definition) is 1. The average molecular weight is 438 g/mol. The summed E-state index contributed by atoms with van der Waals surface area (Å²) in [7, 11) is 3.50. The number of aromatic nitrogens is 2. The zero-order valence-corrected chi connectivity index (χ0v) is 18.4. The summed E-state index contributed by atoms with van der Waals surface area (Å²) in [6.07, 6.45) is 4.88. The number of H-pyrrole nitrogens is 1. The van der Waals surface area contributed by atoms with Crippen LogP contribution in [0.5, 0.6) is 5.75 Å². The molecule has 0 unspecified atom stereocenters. The van der Waals surface area contributed by atoms with Crippen molar-refractivity contribution in [3.63, 3.8) is 0 Å². The lowest BCUT2D eigenvalue weighted by Crippen LogP contribution is -2.31. The fourth-order valence-corrected chi connectivity index (χ4v) is 4.55. The molecule has 5 rings (SSSR count). The summed E-state index contributed by atoms with van der Waals surface area (Å²) in [5.41, 5.74) is 4.19. The second-order valence-corrected chi connectivity index (χ2v) is 8.08. The van der Waals surface area contributed by atoms with Crippen LogP contribution in [0.2, 0.25) is 0 Å². The minimum Gasteiger partial charge on any atom is -0.497 e. The lowest BCUT2D eigenvalue weighted by Gasteiger charge is -2.16. The Bertz CT molecular complexity index is 1500. The number of para-hydroxylation sites is 1. The summed E-state index contributed by atoms with van der Waals surface area (Å²) in [6, 6.07) is 15.4. The number of fused-ring (bicyclic) bond motifs is 2. The molecule has 0 saturated heterocycles. The van der Waals surface area contributed by atoms with Crippen molar-refractivity contribution in [1.82, 2.24) is 9.55 Å². The lowest BCUT2D eigenvalue weighted by atomic mass is 10.0. The first kappa shape index (κ1) is 20.6. The highest BCUT2D eigenvalue weighted by Crippen LogP contribution is 2.39. The molecule has 2 aromatic carbocycles. The summed E-state index contributed by atoms with van der Waals surface area (Å²) < 4.78 is 7.30. The van der Waals surface area contributed by atoms with E-state index in [4.69, 9.17) is 10.00 Å². The first-order valence-corrected chi connectivity index (χ1v) is 10.7. The molecule has 33 heavy (non-hydrogen) atoms. The number of carbonyl (C=O) groups excluding carboxylic acids is 2. The number of anilines is 1. The number of nitriles is 1. The van der Waals surface area contributed by atoms with Crippen LogP contribution in [-0.4, -0.2) is 28.5 Å². The molecule has 3 heterocycles. The van der Waals surface area contributed by atoms with Gasteiger partial charge >= 0.3 is 0 Å². The number of aryl methyl sites for hydroxylation is 2. The molecule has 0 bridgehead atoms. The summed E-state index contributed by atoms with van der Waals surface area (Å²) >= 11 is 0. The van der Waals surface area contributed by atoms with E-state index in [2.05, 4.69) is 11.1 Å². The Morgan fingerprint density at radius 3 is 2.73 bits per heavy atom. The van der Waals surface area contributed by atoms with Crippen LogP contribution >= 0.6 is 0 Å². The molecule has 0 spiro atoms. The predicted molar refractivity (Wildman–Crippen MR) is 127 cm³/mol. The van der Waals surface area contributed by atoms with E-state index in [-0.39, 0.29) is 11.8 Å². The quantitative estimate of drug-likeness (QED) is 0.355. The van der Waals surface area contributed by atoms with Gasteiger partial charge in [-0.25, -0.2) is 4.90 Å². The maximum atomic E-state index is 13.7. The molecular weight excluding hydrogens is 416 g/mol. The Morgan fingerprint density at radius 2 is 1.94 bits per heavy atom. The Morgan fingerprint density at radius 1 is 1.12 bits per heavy atom. The maximum absolute atomic E-state index is 13.7. The highest BCUT2D eigenvalue weighted by Gasteiger charge is 2.37. The minimum atomic E-state index is -0.374. The highest BCUT2D eigenvalue weighted by atomic mass is 16.5. The zero-order chi connectivity index (χ0) is 23.1. The van der Waals surface area contributed by atoms with Crippen LogP contribution in [0.1, 0.15) is 24.1 Å². The third kappa shape index (κ3) is 3.28. The van der Waals surface area contributed by atoms with Crippen LogP contribution in [0.4, 0.5) is 5.69 Å². The van der Waals surface area contributed by atoms with Gasteiger partial charge in [0.15, 0.2) is 0 Å². The van der Waals surface area contributed by atoms with Gasteiger partial charge in [0.1, 0.15) is 5.75 Å². The van der Waals surface area contributed by atoms with Crippen LogP contribution in [0.15, 0.2) is 54.7 Å². The highest BCUT2D eigenvalue weighted by molar-refractivity contribution is 6.45. The van der Waals surface area contributed by atoms with Crippen molar-refractivity contribution in [1.29, 1.82) is 5.26 Å². The van der Waals surface area contributed by atoms with Crippen molar-refractivity contribution in [2.45, 2.75) is 19.3 Å². The van der Waals surface area contributed by atoms with Crippen molar-refractivity contribution in [2.75, 3.05) is 12.0 Å². The van der Waals surface area contributed by atoms with Crippen molar-refractivity contribution < 1.29 is 14.3 Å². The van der Waals surface area contributed by atoms with Gasteiger partial charge in [0.2, 0.25) is 0 Å². The topological polar surface area (TPSA) is 91.1 Å². The van der Waals surface area contributed by atoms with Gasteiger partial charge in [-0.3, -0.25) is 9.59 Å². The third-order valence-electron chi connectivity index (χ3n) is 6.10. The van der Waals surface area contributed by atoms with Crippen LogP contribution in [0.3, 0.4) is 0 Å². The molecule has 0 saturated carbocycles. The Kier molecular flexibility index (Phi) is 4.98. The number of benzene rings is 2. The average Bonchev–Trinajstić information content (AvgIpc) is 3.44. The Balaban J connectivity index is 1.61. The number of methoxy groups -OCH3 is 1. The van der Waals surface area contributed by atoms with Crippen molar-refractivity contribution in [2.24, 2.45) is 7.05 Å². The molecule has 0 aliphatic carbocycles. The molecule has 2 amide bonds. The summed E-state index contributed by atoms with van der Waals surface area (Å²) in [5, 5.41) is 10.6. The van der Waals surface area contributed by atoms with Gasteiger partial charge in [-0.05, 0) is 37.1 Å². The smallest absolute Gasteiger partial charge is 0.266 e. The lowest BCUT2D eigenvalue weighted by molar-refractivity contribution is -0.119. The number of imide groups is 1. The standard InChI is InChI=1S/C26H22N4O3/c1-29-15-20(18-13-16(33-2)10-11-23(18)29)19-14-24(31)30(26(19)32)25-17-7-3-4-8-21(17)28-22(25)9-5-6-12-27/h3-4,7-8,10-11,13-15,28H,5-6,9H2,1-2H3. The van der Waals surface area contributed by atoms with E-state index in [1.807, 2.05) is 60.3 Å². The van der Waals surface area contributed by atoms with Gasteiger partial charge in [-0.15, -0.1) is 0 Å². The first-order valence-electron chi connectivity index (χ1n) is 10.7. The van der Waals surface area contributed by atoms with Gasteiger partial charge in [-0.2, -0.15) is 5.26 Å². The number of unbranched alkanes of at least 4 members (excludes halogenated alkanes) is 1. The van der Waals surface area contributed by atoms with Crippen LogP contribution in [0.25, 0.3) is 27.4 Å². The van der Waals surface area contributed by atoms with Crippen LogP contribution < -0.4 is 9.64 Å². The number of ether oxygens (including phenoxy) is 1. The monoisotopic (exact) mass is 438 g/mol. The minimum absolute atomic E-state index is 0.354. The van der Waals surface area contributed by atoms with E-state index in [1.54, 1.807) is 7.11 Å². The van der Waals surface area contributed by atoms with Crippen molar-refractivity contribution in [3.05, 3.63) is 66.0 Å². The molecule has 0 fully saturated rings. The van der Waals surface area contributed by atoms with E-state index < -0.39 is 0 Å². The number of nitrogens with zero attached hydrogens (tertiary/aromatic N) is 3. The fourth-order valence-electron chi connectivity index (χ4n) is 4.55. The molecule has 1 N–H and O–H groups in total. The second kappa shape index (κ2) is 7.99. The van der Waals surface area contributed by atoms with E-state index in [0.29, 0.717) is 41.8 Å². The molecule has 7 heteroatoms. The van der Waals surface area contributed by atoms with E-state index in [1.165, 1.54) is 11.0 Å². The molecule has 4 aromatic rings. The van der Waals surface area contributed by atoms with Gasteiger partial charge in [0.05, 0.1) is 24.4 Å². The summed E-state index contributed by atoms with van der Waals surface area (Å²) in [4.78, 5) is 31.5. The Hall–Kier alpha value is -4.31. The third-order valence-corrected chi connectivity index (χ3v) is 6.10. The predicted octanol–water partition coefficient (Wildman–Crippen LogP) is 4.47. The van der Waals surface area contributed by atoms with Crippen LogP contribution in [-0.2, 0) is 23.1 Å². The fraction of sp³-hybridized carbons (Fsp3) is 0.192. The molecule has 1 aliphatic heterocycles. The number of nitrogens with one attached hydrogen (secondary N) is 1. The summed E-state index contributed by atoms with van der Waals surface area (Å²) in [5.74, 6) is -0.0524. The van der Waals surface area contributed by atoms with Gasteiger partial charge in [0, 0.05) is 58.8 Å². The zero-order valence-electron chi connectivity index (χ0n) is 18.4. The van der Waals surface area contributed by atoms with Crippen molar-refractivity contribution in [3.8, 4) is 11.8 Å². The number of rotatable bonds is 6. The van der Waals surface area contributed by atoms with Gasteiger partial charge < -0.3 is 14.3 Å². The van der Waals surface area contributed by atoms with Gasteiger partial charge in [0.25, 0.3) is 11.8 Å². The van der Waals surface area contributed by atoms with Crippen molar-refractivity contribution >= 4 is 44.9 Å². The SMILES string of the molecule is COc1ccc2c(c1)c(C1=CC(=O)N(c3c(CCCC#N)[nH]c4ccccc34)C1=O)cn2C. The first-order chi connectivity index (χ1) is 16.0. The molecule has 0 radical (unpaired) electrons. The maximum Gasteiger partial charge on any atom is 0.266 e. The Labute approximate surface area is 190 Å². The second-order valence-electron chi connectivity index (χ2n) is 8.08. The molecule has 1 aliphatic rings. The molecule has 7 nitrogen and oxygen atoms in total.